The van der Waals surface area contributed by atoms with E-state index in [0.29, 0.717) is 6.04 Å². The lowest BCUT2D eigenvalue weighted by molar-refractivity contribution is 0.168. The molecular formula is C11H16ClN3S. The first-order chi connectivity index (χ1) is 7.75. The minimum absolute atomic E-state index is 0.685. The third kappa shape index (κ3) is 2.24. The van der Waals surface area contributed by atoms with Gasteiger partial charge in [0, 0.05) is 30.2 Å². The molecule has 1 atom stereocenters. The molecular weight excluding hydrogens is 242 g/mol. The monoisotopic (exact) mass is 257 g/mol. The predicted octanol–water partition coefficient (Wildman–Crippen LogP) is 2.95. The van der Waals surface area contributed by atoms with Crippen LogP contribution in [-0.4, -0.2) is 26.6 Å². The quantitative estimate of drug-likeness (QED) is 0.812. The van der Waals surface area contributed by atoms with E-state index in [1.165, 1.54) is 37.2 Å². The van der Waals surface area contributed by atoms with Crippen LogP contribution in [0.4, 0.5) is 0 Å². The molecule has 2 saturated carbocycles. The molecule has 16 heavy (non-hydrogen) atoms. The normalized spacial score (nSPS) is 22.7. The second kappa shape index (κ2) is 4.24. The molecule has 0 saturated heterocycles. The van der Waals surface area contributed by atoms with E-state index >= 15 is 0 Å². The van der Waals surface area contributed by atoms with Crippen molar-refractivity contribution in [3.05, 3.63) is 10.0 Å². The fourth-order valence-electron chi connectivity index (χ4n) is 2.33. The Morgan fingerprint density at radius 1 is 1.44 bits per heavy atom. The molecule has 3 nitrogen and oxygen atoms in total. The van der Waals surface area contributed by atoms with Gasteiger partial charge in [-0.1, -0.05) is 16.1 Å². The Labute approximate surface area is 105 Å². The summed E-state index contributed by atoms with van der Waals surface area (Å²) < 4.78 is 4.67. The zero-order chi connectivity index (χ0) is 11.1. The molecule has 2 aliphatic carbocycles. The van der Waals surface area contributed by atoms with Crippen molar-refractivity contribution in [2.75, 3.05) is 0 Å². The van der Waals surface area contributed by atoms with E-state index in [1.807, 2.05) is 0 Å². The second-order valence-corrected chi connectivity index (χ2v) is 6.33. The molecule has 5 heteroatoms. The molecule has 2 aliphatic rings. The largest absolute Gasteiger partial charge is 0.291 e. The van der Waals surface area contributed by atoms with Crippen LogP contribution < -0.4 is 0 Å². The summed E-state index contributed by atoms with van der Waals surface area (Å²) in [6.07, 6.45) is 5.47. The number of aromatic nitrogens is 2. The Kier molecular flexibility index (Phi) is 2.90. The van der Waals surface area contributed by atoms with Crippen LogP contribution in [0.2, 0.25) is 4.34 Å². The van der Waals surface area contributed by atoms with Crippen LogP contribution >= 0.6 is 23.1 Å². The predicted molar refractivity (Wildman–Crippen MR) is 65.7 cm³/mol. The van der Waals surface area contributed by atoms with Crippen LogP contribution in [0, 0.1) is 5.92 Å². The van der Waals surface area contributed by atoms with Gasteiger partial charge in [0.15, 0.2) is 0 Å². The Morgan fingerprint density at radius 2 is 2.19 bits per heavy atom. The summed E-state index contributed by atoms with van der Waals surface area (Å²) in [6.45, 7) is 3.24. The van der Waals surface area contributed by atoms with Crippen LogP contribution in [0.25, 0.3) is 0 Å². The number of hydrogen-bond acceptors (Lipinski definition) is 4. The standard InChI is InChI=1S/C11H16ClN3S/c1-7(8-2-3-8)15(9-4-5-9)6-10-11(12)16-14-13-10/h7-9H,2-6H2,1H3/t7-/m1/s1. The van der Waals surface area contributed by atoms with E-state index in [4.69, 9.17) is 11.6 Å². The van der Waals surface area contributed by atoms with Crippen LogP contribution in [-0.2, 0) is 6.54 Å². The Balaban J connectivity index is 1.71. The van der Waals surface area contributed by atoms with Gasteiger partial charge in [-0.05, 0) is 38.5 Å². The van der Waals surface area contributed by atoms with E-state index < -0.39 is 0 Å². The van der Waals surface area contributed by atoms with Crippen molar-refractivity contribution in [3.63, 3.8) is 0 Å². The molecule has 1 aromatic rings. The molecule has 0 aromatic carbocycles. The van der Waals surface area contributed by atoms with E-state index in [2.05, 4.69) is 21.4 Å². The van der Waals surface area contributed by atoms with Gasteiger partial charge in [-0.2, -0.15) is 0 Å². The van der Waals surface area contributed by atoms with Gasteiger partial charge >= 0.3 is 0 Å². The van der Waals surface area contributed by atoms with Crippen LogP contribution in [0.15, 0.2) is 0 Å². The Bertz CT molecular complexity index is 373. The molecule has 2 fully saturated rings. The fraction of sp³-hybridized carbons (Fsp3) is 0.818. The third-order valence-electron chi connectivity index (χ3n) is 3.68. The minimum Gasteiger partial charge on any atom is -0.291 e. The highest BCUT2D eigenvalue weighted by Crippen LogP contribution is 2.40. The summed E-state index contributed by atoms with van der Waals surface area (Å²) in [5, 5.41) is 4.12. The summed E-state index contributed by atoms with van der Waals surface area (Å²) in [7, 11) is 0. The molecule has 0 spiro atoms. The van der Waals surface area contributed by atoms with E-state index in [9.17, 15) is 0 Å². The summed E-state index contributed by atoms with van der Waals surface area (Å²) in [5.74, 6) is 0.908. The van der Waals surface area contributed by atoms with Crippen molar-refractivity contribution in [2.24, 2.45) is 5.92 Å². The number of hydrogen-bond donors (Lipinski definition) is 0. The Hall–Kier alpha value is -0.190. The zero-order valence-electron chi connectivity index (χ0n) is 9.40. The molecule has 0 N–H and O–H groups in total. The molecule has 1 aromatic heterocycles. The topological polar surface area (TPSA) is 29.0 Å². The fourth-order valence-corrected chi connectivity index (χ4v) is 2.94. The number of halogens is 1. The van der Waals surface area contributed by atoms with Crippen LogP contribution in [0.1, 0.15) is 38.3 Å². The molecule has 0 radical (unpaired) electrons. The highest BCUT2D eigenvalue weighted by molar-refractivity contribution is 7.10. The molecule has 3 rings (SSSR count). The second-order valence-electron chi connectivity index (χ2n) is 4.97. The van der Waals surface area contributed by atoms with Crippen molar-refractivity contribution in [1.82, 2.24) is 14.5 Å². The van der Waals surface area contributed by atoms with Crippen LogP contribution in [0.3, 0.4) is 0 Å². The number of nitrogens with zero attached hydrogens (tertiary/aromatic N) is 3. The van der Waals surface area contributed by atoms with Gasteiger partial charge < -0.3 is 0 Å². The molecule has 0 bridgehead atoms. The maximum Gasteiger partial charge on any atom is 0.138 e. The summed E-state index contributed by atoms with van der Waals surface area (Å²) in [5.41, 5.74) is 0.964. The lowest BCUT2D eigenvalue weighted by atomic mass is 10.1. The van der Waals surface area contributed by atoms with Crippen LogP contribution in [0.5, 0.6) is 0 Å². The molecule has 0 aliphatic heterocycles. The minimum atomic E-state index is 0.685. The van der Waals surface area contributed by atoms with Gasteiger partial charge in [0.05, 0.1) is 0 Å². The maximum absolute atomic E-state index is 6.08. The summed E-state index contributed by atoms with van der Waals surface area (Å²) >= 11 is 7.37. The lowest BCUT2D eigenvalue weighted by Gasteiger charge is -2.28. The van der Waals surface area contributed by atoms with Crippen molar-refractivity contribution >= 4 is 23.1 Å². The first-order valence-corrected chi connectivity index (χ1v) is 7.13. The van der Waals surface area contributed by atoms with Gasteiger partial charge in [-0.25, -0.2) is 0 Å². The highest BCUT2D eigenvalue weighted by atomic mass is 35.5. The average Bonchev–Trinajstić information content (AvgIpc) is 3.14. The van der Waals surface area contributed by atoms with Gasteiger partial charge in [0.25, 0.3) is 0 Å². The van der Waals surface area contributed by atoms with Crippen molar-refractivity contribution in [3.8, 4) is 0 Å². The number of rotatable bonds is 5. The van der Waals surface area contributed by atoms with Crippen molar-refractivity contribution < 1.29 is 0 Å². The third-order valence-corrected chi connectivity index (χ3v) is 4.67. The average molecular weight is 258 g/mol. The first-order valence-electron chi connectivity index (χ1n) is 5.98. The molecule has 0 amide bonds. The molecule has 1 heterocycles. The molecule has 0 unspecified atom stereocenters. The molecule has 88 valence electrons. The summed E-state index contributed by atoms with van der Waals surface area (Å²) in [4.78, 5) is 2.58. The zero-order valence-corrected chi connectivity index (χ0v) is 11.0. The van der Waals surface area contributed by atoms with Gasteiger partial charge in [0.1, 0.15) is 10.0 Å². The maximum atomic E-state index is 6.08. The van der Waals surface area contributed by atoms with E-state index in [-0.39, 0.29) is 0 Å². The van der Waals surface area contributed by atoms with Gasteiger partial charge in [0.2, 0.25) is 0 Å². The first kappa shape index (κ1) is 10.9. The smallest absolute Gasteiger partial charge is 0.138 e. The van der Waals surface area contributed by atoms with E-state index in [1.54, 1.807) is 0 Å². The SMILES string of the molecule is C[C@H](C1CC1)N(Cc1nnsc1Cl)C1CC1. The Morgan fingerprint density at radius 3 is 2.69 bits per heavy atom. The lowest BCUT2D eigenvalue weighted by Crippen LogP contribution is -2.36. The van der Waals surface area contributed by atoms with Crippen molar-refractivity contribution in [1.29, 1.82) is 0 Å². The van der Waals surface area contributed by atoms with Gasteiger partial charge in [-0.15, -0.1) is 5.10 Å². The summed E-state index contributed by atoms with van der Waals surface area (Å²) in [6, 6.07) is 1.46. The van der Waals surface area contributed by atoms with E-state index in [0.717, 1.165) is 28.5 Å². The highest BCUT2D eigenvalue weighted by Gasteiger charge is 2.39. The van der Waals surface area contributed by atoms with Gasteiger partial charge in [-0.3, -0.25) is 4.90 Å². The van der Waals surface area contributed by atoms with Crippen molar-refractivity contribution in [2.45, 2.75) is 51.2 Å².